The number of nitrogens with zero attached hydrogens (tertiary/aromatic N) is 6. The van der Waals surface area contributed by atoms with Crippen LogP contribution in [0.5, 0.6) is 0 Å². The zero-order chi connectivity index (χ0) is 25.9. The molecule has 1 atom stereocenters. The Morgan fingerprint density at radius 3 is 2.50 bits per heavy atom. The van der Waals surface area contributed by atoms with E-state index in [9.17, 15) is 9.65 Å². The van der Waals surface area contributed by atoms with Crippen molar-refractivity contribution in [3.05, 3.63) is 54.1 Å². The van der Waals surface area contributed by atoms with E-state index in [2.05, 4.69) is 52.1 Å². The summed E-state index contributed by atoms with van der Waals surface area (Å²) in [7, 11) is 0.355. The molecule has 1 saturated heterocycles. The summed E-state index contributed by atoms with van der Waals surface area (Å²) in [5, 5.41) is 12.9. The predicted molar refractivity (Wildman–Crippen MR) is 139 cm³/mol. The van der Waals surface area contributed by atoms with E-state index in [0.29, 0.717) is 45.8 Å². The van der Waals surface area contributed by atoms with Crippen LogP contribution in [0.25, 0.3) is 11.4 Å². The zero-order valence-corrected chi connectivity index (χ0v) is 22.2. The maximum Gasteiger partial charge on any atom is 0.237 e. The van der Waals surface area contributed by atoms with Crippen LogP contribution < -0.4 is 10.2 Å². The van der Waals surface area contributed by atoms with Crippen molar-refractivity contribution in [2.24, 2.45) is 0 Å². The number of hydrogen-bond donors (Lipinski definition) is 1. The molecule has 3 aromatic heterocycles. The largest absolute Gasteiger partial charge is 0.406 e. The first-order valence-corrected chi connectivity index (χ1v) is 12.8. The van der Waals surface area contributed by atoms with Crippen LogP contribution in [0, 0.1) is 11.3 Å². The number of pyridine rings is 2. The number of hydrogen-bond acceptors (Lipinski definition) is 8. The predicted octanol–water partition coefficient (Wildman–Crippen LogP) is 5.19. The van der Waals surface area contributed by atoms with Crippen LogP contribution in [0.1, 0.15) is 52.4 Å². The monoisotopic (exact) mass is 503 g/mol. The average molecular weight is 504 g/mol. The van der Waals surface area contributed by atoms with Gasteiger partial charge in [0.05, 0.1) is 40.3 Å². The summed E-state index contributed by atoms with van der Waals surface area (Å²) in [5.41, 5.74) is 3.09. The lowest BCUT2D eigenvalue weighted by Gasteiger charge is -2.28. The van der Waals surface area contributed by atoms with Gasteiger partial charge in [0.1, 0.15) is 12.2 Å². The number of anilines is 3. The molecule has 0 unspecified atom stereocenters. The number of nitrogens with one attached hydrogen (secondary N) is 1. The van der Waals surface area contributed by atoms with Crippen molar-refractivity contribution in [3.63, 3.8) is 0 Å². The van der Waals surface area contributed by atoms with E-state index in [0.717, 1.165) is 11.4 Å². The van der Waals surface area contributed by atoms with Gasteiger partial charge in [-0.05, 0) is 55.6 Å². The molecule has 3 aromatic rings. The maximum absolute atomic E-state index is 13.6. The van der Waals surface area contributed by atoms with Crippen molar-refractivity contribution in [1.29, 1.82) is 5.26 Å². The first-order valence-electron chi connectivity index (χ1n) is 11.9. The Balaban J connectivity index is 1.48. The molecule has 0 aromatic carbocycles. The first kappa shape index (κ1) is 25.7. The quantitative estimate of drug-likeness (QED) is 0.440. The minimum absolute atomic E-state index is 0.0932. The molecule has 36 heavy (non-hydrogen) atoms. The molecule has 10 heteroatoms. The molecule has 1 fully saturated rings. The van der Waals surface area contributed by atoms with Crippen LogP contribution in [0.4, 0.5) is 21.7 Å². The van der Waals surface area contributed by atoms with Gasteiger partial charge in [0.25, 0.3) is 0 Å². The highest BCUT2D eigenvalue weighted by molar-refractivity contribution is 6.31. The standard InChI is InChI=1S/C26H30FN7OSi/c1-25(2,3)36-35-26(4,5)23-9-6-18(15-30-23)31-24-29-12-10-20(33-24)19-7-8-22(21(14-28)32-19)34-13-11-17(27)16-34/h6-10,12,15,17H,11,13,16H2,1-5H3,(H,29,31,33)/t17-/m0/s1. The highest BCUT2D eigenvalue weighted by atomic mass is 28.2. The number of aromatic nitrogens is 4. The third-order valence-corrected chi connectivity index (χ3v) is 6.84. The average Bonchev–Trinajstić information content (AvgIpc) is 3.28. The van der Waals surface area contributed by atoms with E-state index in [-0.39, 0.29) is 17.3 Å². The van der Waals surface area contributed by atoms with Crippen LogP contribution in [-0.4, -0.2) is 49.0 Å². The van der Waals surface area contributed by atoms with E-state index < -0.39 is 11.8 Å². The third kappa shape index (κ3) is 6.22. The van der Waals surface area contributed by atoms with E-state index >= 15 is 0 Å². The number of nitriles is 1. The van der Waals surface area contributed by atoms with Gasteiger partial charge < -0.3 is 14.6 Å². The summed E-state index contributed by atoms with van der Waals surface area (Å²) in [6.45, 7) is 11.3. The van der Waals surface area contributed by atoms with Gasteiger partial charge in [-0.2, -0.15) is 5.26 Å². The molecule has 1 aliphatic heterocycles. The number of rotatable bonds is 7. The maximum atomic E-state index is 13.6. The number of halogens is 1. The van der Waals surface area contributed by atoms with E-state index in [4.69, 9.17) is 4.43 Å². The fourth-order valence-corrected chi connectivity index (χ4v) is 4.38. The highest BCUT2D eigenvalue weighted by Gasteiger charge is 2.27. The second-order valence-corrected chi connectivity index (χ2v) is 12.2. The Bertz CT molecular complexity index is 1250. The SMILES string of the molecule is CC(C)(C)[Si]OC(C)(C)c1ccc(Nc2nccc(-c3ccc(N4CC[C@H](F)C4)c(C#N)n3)n2)cn1. The topological polar surface area (TPSA) is 99.8 Å². The molecule has 4 rings (SSSR count). The summed E-state index contributed by atoms with van der Waals surface area (Å²) >= 11 is 0. The van der Waals surface area contributed by atoms with Crippen molar-refractivity contribution in [3.8, 4) is 17.5 Å². The first-order chi connectivity index (χ1) is 17.0. The van der Waals surface area contributed by atoms with Crippen LogP contribution in [-0.2, 0) is 10.0 Å². The van der Waals surface area contributed by atoms with Crippen molar-refractivity contribution in [2.45, 2.75) is 57.9 Å². The van der Waals surface area contributed by atoms with Gasteiger partial charge in [-0.15, -0.1) is 0 Å². The van der Waals surface area contributed by atoms with Crippen molar-refractivity contribution >= 4 is 27.1 Å². The van der Waals surface area contributed by atoms with E-state index in [1.807, 2.05) is 30.9 Å². The van der Waals surface area contributed by atoms with Crippen molar-refractivity contribution in [1.82, 2.24) is 19.9 Å². The molecular weight excluding hydrogens is 473 g/mol. The summed E-state index contributed by atoms with van der Waals surface area (Å²) in [6.07, 6.45) is 2.95. The fourth-order valence-electron chi connectivity index (χ4n) is 3.72. The third-order valence-electron chi connectivity index (χ3n) is 5.62. The Morgan fingerprint density at radius 2 is 1.86 bits per heavy atom. The Hall–Kier alpha value is -3.42. The molecule has 2 radical (unpaired) electrons. The van der Waals surface area contributed by atoms with Gasteiger partial charge in [0.15, 0.2) is 5.69 Å². The minimum Gasteiger partial charge on any atom is -0.406 e. The Kier molecular flexibility index (Phi) is 7.33. The number of alkyl halides is 1. The molecule has 0 bridgehead atoms. The lowest BCUT2D eigenvalue weighted by Crippen LogP contribution is -2.28. The molecule has 1 N–H and O–H groups in total. The second-order valence-electron chi connectivity index (χ2n) is 10.3. The van der Waals surface area contributed by atoms with Crippen LogP contribution in [0.15, 0.2) is 42.7 Å². The lowest BCUT2D eigenvalue weighted by atomic mass is 10.1. The Morgan fingerprint density at radius 1 is 1.08 bits per heavy atom. The molecule has 0 aliphatic carbocycles. The van der Waals surface area contributed by atoms with Crippen LogP contribution in [0.3, 0.4) is 0 Å². The van der Waals surface area contributed by atoms with Crippen molar-refractivity contribution in [2.75, 3.05) is 23.3 Å². The zero-order valence-electron chi connectivity index (χ0n) is 21.2. The van der Waals surface area contributed by atoms with Gasteiger partial charge in [-0.25, -0.2) is 19.3 Å². The summed E-state index contributed by atoms with van der Waals surface area (Å²) < 4.78 is 19.8. The van der Waals surface area contributed by atoms with Crippen LogP contribution >= 0.6 is 0 Å². The normalized spacial score (nSPS) is 16.1. The Labute approximate surface area is 213 Å². The van der Waals surface area contributed by atoms with Gasteiger partial charge >= 0.3 is 0 Å². The summed E-state index contributed by atoms with van der Waals surface area (Å²) in [5.74, 6) is 0.385. The van der Waals surface area contributed by atoms with Gasteiger partial charge in [-0.1, -0.05) is 20.8 Å². The molecule has 8 nitrogen and oxygen atoms in total. The molecular formula is C26H30FN7OSi. The molecule has 0 spiro atoms. The fraction of sp³-hybridized carbons (Fsp3) is 0.423. The highest BCUT2D eigenvalue weighted by Crippen LogP contribution is 2.30. The summed E-state index contributed by atoms with van der Waals surface area (Å²) in [6, 6.07) is 11.3. The van der Waals surface area contributed by atoms with E-state index in [1.54, 1.807) is 30.6 Å². The smallest absolute Gasteiger partial charge is 0.237 e. The second kappa shape index (κ2) is 10.3. The molecule has 4 heterocycles. The van der Waals surface area contributed by atoms with Gasteiger partial charge in [0, 0.05) is 19.3 Å². The molecule has 0 amide bonds. The lowest BCUT2D eigenvalue weighted by molar-refractivity contribution is 0.104. The summed E-state index contributed by atoms with van der Waals surface area (Å²) in [4.78, 5) is 19.8. The molecule has 1 aliphatic rings. The molecule has 0 saturated carbocycles. The van der Waals surface area contributed by atoms with E-state index in [1.165, 1.54) is 0 Å². The van der Waals surface area contributed by atoms with Gasteiger partial charge in [-0.3, -0.25) is 4.98 Å². The van der Waals surface area contributed by atoms with Crippen molar-refractivity contribution < 1.29 is 8.82 Å². The van der Waals surface area contributed by atoms with Crippen LogP contribution in [0.2, 0.25) is 5.04 Å². The minimum atomic E-state index is -0.877. The van der Waals surface area contributed by atoms with Gasteiger partial charge in [0.2, 0.25) is 15.7 Å². The molecule has 186 valence electrons.